The summed E-state index contributed by atoms with van der Waals surface area (Å²) < 4.78 is 0. The first-order valence-electron chi connectivity index (χ1n) is 12.4. The number of benzene rings is 4. The molecule has 34 heavy (non-hydrogen) atoms. The second-order valence-electron chi connectivity index (χ2n) is 9.47. The predicted octanol–water partition coefficient (Wildman–Crippen LogP) is 7.72. The molecule has 4 aromatic carbocycles. The average molecular weight is 449 g/mol. The van der Waals surface area contributed by atoms with Crippen LogP contribution in [0.1, 0.15) is 71.9 Å². The second kappa shape index (κ2) is 11.1. The maximum absolute atomic E-state index is 5.82. The molecule has 0 aromatic heterocycles. The van der Waals surface area contributed by atoms with Crippen molar-refractivity contribution in [2.24, 2.45) is 0 Å². The summed E-state index contributed by atoms with van der Waals surface area (Å²) in [5, 5.41) is 0. The summed E-state index contributed by atoms with van der Waals surface area (Å²) in [6.07, 6.45) is 4.67. The van der Waals surface area contributed by atoms with E-state index in [0.717, 1.165) is 24.2 Å². The third-order valence-electron chi connectivity index (χ3n) is 7.01. The lowest BCUT2D eigenvalue weighted by Crippen LogP contribution is -1.98. The first-order chi connectivity index (χ1) is 16.5. The van der Waals surface area contributed by atoms with Crippen molar-refractivity contribution in [2.45, 2.75) is 51.4 Å². The fourth-order valence-electron chi connectivity index (χ4n) is 4.56. The lowest BCUT2D eigenvalue weighted by Gasteiger charge is -2.14. The van der Waals surface area contributed by atoms with Gasteiger partial charge in [-0.15, -0.1) is 0 Å². The summed E-state index contributed by atoms with van der Waals surface area (Å²) in [7, 11) is 0. The highest BCUT2D eigenvalue weighted by Gasteiger charge is 2.09. The molecule has 0 aliphatic rings. The van der Waals surface area contributed by atoms with E-state index in [1.807, 2.05) is 24.3 Å². The first-order valence-corrected chi connectivity index (χ1v) is 12.4. The van der Waals surface area contributed by atoms with Crippen molar-refractivity contribution in [1.29, 1.82) is 0 Å². The van der Waals surface area contributed by atoms with Crippen LogP contribution in [-0.4, -0.2) is 0 Å². The molecular formula is C32H36N2. The molecule has 0 bridgehead atoms. The Hall–Kier alpha value is -3.52. The van der Waals surface area contributed by atoms with E-state index in [0.29, 0.717) is 11.8 Å². The van der Waals surface area contributed by atoms with Gasteiger partial charge in [0.25, 0.3) is 0 Å². The molecule has 4 aromatic rings. The largest absolute Gasteiger partial charge is 0.399 e. The predicted molar refractivity (Wildman–Crippen MR) is 146 cm³/mol. The highest BCUT2D eigenvalue weighted by Crippen LogP contribution is 2.26. The van der Waals surface area contributed by atoms with Crippen LogP contribution in [0.25, 0.3) is 0 Å². The Kier molecular flexibility index (Phi) is 7.69. The lowest BCUT2D eigenvalue weighted by molar-refractivity contribution is 0.733. The molecule has 0 fully saturated rings. The van der Waals surface area contributed by atoms with E-state index in [9.17, 15) is 0 Å². The molecule has 0 aliphatic heterocycles. The van der Waals surface area contributed by atoms with E-state index in [1.54, 1.807) is 0 Å². The van der Waals surface area contributed by atoms with Crippen molar-refractivity contribution in [1.82, 2.24) is 0 Å². The number of unbranched alkanes of at least 4 members (excludes halogenated alkanes) is 1. The Morgan fingerprint density at radius 2 is 0.706 bits per heavy atom. The molecule has 2 atom stereocenters. The third kappa shape index (κ3) is 6.08. The summed E-state index contributed by atoms with van der Waals surface area (Å²) >= 11 is 0. The molecule has 0 aliphatic carbocycles. The Morgan fingerprint density at radius 3 is 1.00 bits per heavy atom. The average Bonchev–Trinajstić information content (AvgIpc) is 2.87. The molecule has 2 nitrogen and oxygen atoms in total. The van der Waals surface area contributed by atoms with Gasteiger partial charge in [-0.05, 0) is 83.3 Å². The van der Waals surface area contributed by atoms with E-state index in [1.165, 1.54) is 46.2 Å². The molecule has 2 unspecified atom stereocenters. The van der Waals surface area contributed by atoms with Gasteiger partial charge < -0.3 is 11.5 Å². The van der Waals surface area contributed by atoms with Crippen LogP contribution in [-0.2, 0) is 12.8 Å². The maximum Gasteiger partial charge on any atom is 0.0314 e. The monoisotopic (exact) mass is 448 g/mol. The quantitative estimate of drug-likeness (QED) is 0.203. The number of hydrogen-bond donors (Lipinski definition) is 2. The van der Waals surface area contributed by atoms with Crippen LogP contribution < -0.4 is 11.5 Å². The van der Waals surface area contributed by atoms with Crippen molar-refractivity contribution in [3.8, 4) is 0 Å². The van der Waals surface area contributed by atoms with Gasteiger partial charge in [0.1, 0.15) is 0 Å². The van der Waals surface area contributed by atoms with E-state index < -0.39 is 0 Å². The minimum Gasteiger partial charge on any atom is -0.399 e. The summed E-state index contributed by atoms with van der Waals surface area (Å²) in [5.41, 5.74) is 21.4. The summed E-state index contributed by atoms with van der Waals surface area (Å²) in [6, 6.07) is 34.7. The van der Waals surface area contributed by atoms with Crippen LogP contribution in [0, 0.1) is 0 Å². The number of nitrogens with two attached hydrogens (primary N) is 2. The zero-order chi connectivity index (χ0) is 23.9. The van der Waals surface area contributed by atoms with Gasteiger partial charge >= 0.3 is 0 Å². The molecule has 0 saturated carbocycles. The zero-order valence-corrected chi connectivity index (χ0v) is 20.4. The standard InChI is InChI=1S/C32H36N2/c1-23(29-15-19-31(33)20-16-29)27-11-7-25(8-12-27)5-3-4-6-26-9-13-28(14-10-26)24(2)30-17-21-32(34)22-18-30/h7-24H,3-6,33-34H2,1-2H3. The van der Waals surface area contributed by atoms with Gasteiger partial charge in [0.05, 0.1) is 0 Å². The number of aryl methyl sites for hydroxylation is 2. The van der Waals surface area contributed by atoms with Gasteiger partial charge in [-0.3, -0.25) is 0 Å². The smallest absolute Gasteiger partial charge is 0.0314 e. The fourth-order valence-corrected chi connectivity index (χ4v) is 4.56. The van der Waals surface area contributed by atoms with Gasteiger partial charge in [-0.2, -0.15) is 0 Å². The highest BCUT2D eigenvalue weighted by atomic mass is 14.5. The van der Waals surface area contributed by atoms with Crippen LogP contribution in [0.4, 0.5) is 11.4 Å². The highest BCUT2D eigenvalue weighted by molar-refractivity contribution is 5.44. The van der Waals surface area contributed by atoms with Gasteiger partial charge in [-0.25, -0.2) is 0 Å². The molecule has 174 valence electrons. The van der Waals surface area contributed by atoms with Crippen LogP contribution in [0.15, 0.2) is 97.1 Å². The fraction of sp³-hybridized carbons (Fsp3) is 0.250. The van der Waals surface area contributed by atoms with Crippen LogP contribution in [0.5, 0.6) is 0 Å². The Balaban J connectivity index is 1.24. The van der Waals surface area contributed by atoms with Crippen LogP contribution in [0.2, 0.25) is 0 Å². The normalized spacial score (nSPS) is 12.9. The van der Waals surface area contributed by atoms with Gasteiger partial charge in [0, 0.05) is 23.2 Å². The molecule has 0 saturated heterocycles. The van der Waals surface area contributed by atoms with Crippen molar-refractivity contribution < 1.29 is 0 Å². The lowest BCUT2D eigenvalue weighted by atomic mass is 9.91. The molecule has 0 radical (unpaired) electrons. The van der Waals surface area contributed by atoms with Crippen molar-refractivity contribution in [3.63, 3.8) is 0 Å². The van der Waals surface area contributed by atoms with E-state index in [4.69, 9.17) is 11.5 Å². The Bertz CT molecular complexity index is 1060. The zero-order valence-electron chi connectivity index (χ0n) is 20.4. The molecule has 0 heterocycles. The molecule has 0 spiro atoms. The minimum absolute atomic E-state index is 0.375. The summed E-state index contributed by atoms with van der Waals surface area (Å²) in [6.45, 7) is 4.50. The SMILES string of the molecule is CC(c1ccc(N)cc1)c1ccc(CCCCc2ccc(C(C)c3ccc(N)cc3)cc2)cc1. The topological polar surface area (TPSA) is 52.0 Å². The number of rotatable bonds is 9. The summed E-state index contributed by atoms with van der Waals surface area (Å²) in [4.78, 5) is 0. The first kappa shape index (κ1) is 23.6. The van der Waals surface area contributed by atoms with E-state index >= 15 is 0 Å². The van der Waals surface area contributed by atoms with Crippen molar-refractivity contribution >= 4 is 11.4 Å². The summed E-state index contributed by atoms with van der Waals surface area (Å²) in [5.74, 6) is 0.751. The number of hydrogen-bond acceptors (Lipinski definition) is 2. The molecule has 4 N–H and O–H groups in total. The molecular weight excluding hydrogens is 412 g/mol. The number of anilines is 2. The van der Waals surface area contributed by atoms with E-state index in [-0.39, 0.29) is 0 Å². The van der Waals surface area contributed by atoms with Gasteiger partial charge in [0.15, 0.2) is 0 Å². The van der Waals surface area contributed by atoms with Crippen LogP contribution >= 0.6 is 0 Å². The maximum atomic E-state index is 5.82. The van der Waals surface area contributed by atoms with Crippen LogP contribution in [0.3, 0.4) is 0 Å². The molecule has 2 heteroatoms. The third-order valence-corrected chi connectivity index (χ3v) is 7.01. The second-order valence-corrected chi connectivity index (χ2v) is 9.47. The Labute approximate surface area is 204 Å². The van der Waals surface area contributed by atoms with E-state index in [2.05, 4.69) is 86.6 Å². The van der Waals surface area contributed by atoms with Gasteiger partial charge in [-0.1, -0.05) is 86.6 Å². The minimum atomic E-state index is 0.375. The number of nitrogen functional groups attached to an aromatic ring is 2. The molecule has 4 rings (SSSR count). The molecule has 0 amide bonds. The van der Waals surface area contributed by atoms with Gasteiger partial charge in [0.2, 0.25) is 0 Å². The Morgan fingerprint density at radius 1 is 0.441 bits per heavy atom. The van der Waals surface area contributed by atoms with Crippen molar-refractivity contribution in [2.75, 3.05) is 11.5 Å². The van der Waals surface area contributed by atoms with Crippen molar-refractivity contribution in [3.05, 3.63) is 130 Å².